The first-order valence-electron chi connectivity index (χ1n) is 7.82. The Morgan fingerprint density at radius 3 is 2.58 bits per heavy atom. The van der Waals surface area contributed by atoms with E-state index < -0.39 is 12.1 Å². The third-order valence-electron chi connectivity index (χ3n) is 4.02. The van der Waals surface area contributed by atoms with Crippen LogP contribution >= 0.6 is 0 Å². The van der Waals surface area contributed by atoms with Crippen LogP contribution in [0.5, 0.6) is 0 Å². The van der Waals surface area contributed by atoms with Crippen molar-refractivity contribution in [2.45, 2.75) is 18.6 Å². The topological polar surface area (TPSA) is 79.0 Å². The highest BCUT2D eigenvalue weighted by atomic mass is 16.5. The normalized spacial score (nSPS) is 20.6. The Morgan fingerprint density at radius 1 is 1.29 bits per heavy atom. The minimum Gasteiger partial charge on any atom is -0.356 e. The SMILES string of the molecule is CN(C)C(=O)CCNC(=O)[C@H]1OCC(=O)N(C)[C@@H]1c1ccccc1. The highest BCUT2D eigenvalue weighted by molar-refractivity contribution is 5.86. The fourth-order valence-electron chi connectivity index (χ4n) is 2.60. The van der Waals surface area contributed by atoms with Gasteiger partial charge in [-0.3, -0.25) is 14.4 Å². The number of nitrogens with one attached hydrogen (secondary N) is 1. The number of rotatable bonds is 5. The van der Waals surface area contributed by atoms with Gasteiger partial charge in [0.15, 0.2) is 6.10 Å². The van der Waals surface area contributed by atoms with Crippen LogP contribution in [-0.2, 0) is 19.1 Å². The third kappa shape index (κ3) is 4.11. The van der Waals surface area contributed by atoms with Gasteiger partial charge in [0.2, 0.25) is 11.8 Å². The van der Waals surface area contributed by atoms with Crippen molar-refractivity contribution in [2.24, 2.45) is 0 Å². The number of amides is 3. The number of hydrogen-bond donors (Lipinski definition) is 1. The van der Waals surface area contributed by atoms with E-state index in [-0.39, 0.29) is 37.3 Å². The molecular weight excluding hydrogens is 310 g/mol. The van der Waals surface area contributed by atoms with Crippen molar-refractivity contribution in [3.05, 3.63) is 35.9 Å². The summed E-state index contributed by atoms with van der Waals surface area (Å²) in [7, 11) is 5.00. The van der Waals surface area contributed by atoms with Crippen LogP contribution in [0.2, 0.25) is 0 Å². The molecule has 130 valence electrons. The van der Waals surface area contributed by atoms with Gasteiger partial charge in [0.25, 0.3) is 5.91 Å². The summed E-state index contributed by atoms with van der Waals surface area (Å²) in [4.78, 5) is 39.0. The first kappa shape index (κ1) is 17.9. The van der Waals surface area contributed by atoms with E-state index in [1.807, 2.05) is 30.3 Å². The van der Waals surface area contributed by atoms with Gasteiger partial charge in [-0.05, 0) is 5.56 Å². The second-order valence-corrected chi connectivity index (χ2v) is 5.92. The quantitative estimate of drug-likeness (QED) is 0.834. The molecule has 0 spiro atoms. The largest absolute Gasteiger partial charge is 0.356 e. The molecule has 1 aromatic rings. The Kier molecular flexibility index (Phi) is 5.92. The minimum absolute atomic E-state index is 0.0632. The molecule has 1 fully saturated rings. The summed E-state index contributed by atoms with van der Waals surface area (Å²) in [6.07, 6.45) is -0.583. The van der Waals surface area contributed by atoms with Crippen molar-refractivity contribution in [3.8, 4) is 0 Å². The molecule has 1 aliphatic rings. The lowest BCUT2D eigenvalue weighted by Gasteiger charge is -2.38. The van der Waals surface area contributed by atoms with E-state index in [0.29, 0.717) is 0 Å². The standard InChI is InChI=1S/C17H23N3O4/c1-19(2)13(21)9-10-18-17(23)16-15(12-7-5-4-6-8-12)20(3)14(22)11-24-16/h4-8,15-16H,9-11H2,1-3H3,(H,18,23)/t15-,16+/m1/s1. The molecule has 0 aliphatic carbocycles. The molecule has 3 amide bonds. The van der Waals surface area contributed by atoms with E-state index in [0.717, 1.165) is 5.56 Å². The Labute approximate surface area is 141 Å². The van der Waals surface area contributed by atoms with Crippen molar-refractivity contribution < 1.29 is 19.1 Å². The molecule has 7 heteroatoms. The van der Waals surface area contributed by atoms with Gasteiger partial charge in [0.05, 0.1) is 6.04 Å². The summed E-state index contributed by atoms with van der Waals surface area (Å²) < 4.78 is 5.50. The van der Waals surface area contributed by atoms with Gasteiger partial charge in [-0.25, -0.2) is 0 Å². The number of carbonyl (C=O) groups is 3. The number of carbonyl (C=O) groups excluding carboxylic acids is 3. The molecule has 1 aliphatic heterocycles. The predicted molar refractivity (Wildman–Crippen MR) is 88.0 cm³/mol. The van der Waals surface area contributed by atoms with Crippen molar-refractivity contribution in [1.82, 2.24) is 15.1 Å². The van der Waals surface area contributed by atoms with E-state index in [4.69, 9.17) is 4.74 Å². The summed E-state index contributed by atoms with van der Waals surface area (Å²) in [5.74, 6) is -0.558. The van der Waals surface area contributed by atoms with Crippen LogP contribution in [0.3, 0.4) is 0 Å². The molecule has 2 rings (SSSR count). The van der Waals surface area contributed by atoms with Crippen LogP contribution < -0.4 is 5.32 Å². The third-order valence-corrected chi connectivity index (χ3v) is 4.02. The van der Waals surface area contributed by atoms with Crippen molar-refractivity contribution in [2.75, 3.05) is 34.3 Å². The number of ether oxygens (including phenoxy) is 1. The molecule has 1 heterocycles. The van der Waals surface area contributed by atoms with E-state index in [1.54, 1.807) is 21.1 Å². The summed E-state index contributed by atoms with van der Waals surface area (Å²) in [5, 5.41) is 2.72. The summed E-state index contributed by atoms with van der Waals surface area (Å²) in [5.41, 5.74) is 0.831. The van der Waals surface area contributed by atoms with Crippen LogP contribution in [0.25, 0.3) is 0 Å². The zero-order valence-corrected chi connectivity index (χ0v) is 14.2. The molecule has 1 N–H and O–H groups in total. The summed E-state index contributed by atoms with van der Waals surface area (Å²) >= 11 is 0. The first-order chi connectivity index (χ1) is 11.4. The van der Waals surface area contributed by atoms with Gasteiger partial charge in [-0.15, -0.1) is 0 Å². The van der Waals surface area contributed by atoms with Gasteiger partial charge < -0.3 is 19.9 Å². The maximum absolute atomic E-state index is 12.5. The van der Waals surface area contributed by atoms with Gasteiger partial charge in [-0.1, -0.05) is 30.3 Å². The molecule has 2 atom stereocenters. The molecule has 24 heavy (non-hydrogen) atoms. The van der Waals surface area contributed by atoms with Crippen LogP contribution in [0.1, 0.15) is 18.0 Å². The number of benzene rings is 1. The predicted octanol–water partition coefficient (Wildman–Crippen LogP) is 0.179. The summed E-state index contributed by atoms with van der Waals surface area (Å²) in [6.45, 7) is 0.101. The van der Waals surface area contributed by atoms with Crippen molar-refractivity contribution >= 4 is 17.7 Å². The Morgan fingerprint density at radius 2 is 1.96 bits per heavy atom. The molecule has 1 saturated heterocycles. The second-order valence-electron chi connectivity index (χ2n) is 5.92. The highest BCUT2D eigenvalue weighted by Crippen LogP contribution is 2.28. The van der Waals surface area contributed by atoms with Crippen molar-refractivity contribution in [3.63, 3.8) is 0 Å². The number of morpholine rings is 1. The molecule has 0 aromatic heterocycles. The fourth-order valence-corrected chi connectivity index (χ4v) is 2.60. The maximum atomic E-state index is 12.5. The maximum Gasteiger partial charge on any atom is 0.251 e. The van der Waals surface area contributed by atoms with Crippen LogP contribution in [-0.4, -0.2) is 67.9 Å². The lowest BCUT2D eigenvalue weighted by atomic mass is 9.97. The minimum atomic E-state index is -0.801. The lowest BCUT2D eigenvalue weighted by Crippen LogP contribution is -2.53. The molecular formula is C17H23N3O4. The Hall–Kier alpha value is -2.41. The molecule has 1 aromatic carbocycles. The Balaban J connectivity index is 2.07. The van der Waals surface area contributed by atoms with Crippen LogP contribution in [0.4, 0.5) is 0 Å². The smallest absolute Gasteiger partial charge is 0.251 e. The fraction of sp³-hybridized carbons (Fsp3) is 0.471. The monoisotopic (exact) mass is 333 g/mol. The average Bonchev–Trinajstić information content (AvgIpc) is 2.57. The van der Waals surface area contributed by atoms with Gasteiger partial charge in [0.1, 0.15) is 6.61 Å². The number of hydrogen-bond acceptors (Lipinski definition) is 4. The lowest BCUT2D eigenvalue weighted by molar-refractivity contribution is -0.162. The molecule has 0 radical (unpaired) electrons. The summed E-state index contributed by atoms with van der Waals surface area (Å²) in [6, 6.07) is 8.81. The molecule has 0 unspecified atom stereocenters. The van der Waals surface area contributed by atoms with E-state index in [1.165, 1.54) is 9.80 Å². The van der Waals surface area contributed by atoms with Crippen molar-refractivity contribution in [1.29, 1.82) is 0 Å². The number of nitrogens with zero attached hydrogens (tertiary/aromatic N) is 2. The number of likely N-dealkylation sites (N-methyl/N-ethyl adjacent to an activating group) is 1. The zero-order valence-electron chi connectivity index (χ0n) is 14.2. The molecule has 7 nitrogen and oxygen atoms in total. The van der Waals surface area contributed by atoms with Crippen LogP contribution in [0.15, 0.2) is 30.3 Å². The molecule has 0 bridgehead atoms. The van der Waals surface area contributed by atoms with E-state index >= 15 is 0 Å². The van der Waals surface area contributed by atoms with E-state index in [9.17, 15) is 14.4 Å². The second kappa shape index (κ2) is 7.92. The Bertz CT molecular complexity index is 603. The van der Waals surface area contributed by atoms with Crippen LogP contribution in [0, 0.1) is 0 Å². The van der Waals surface area contributed by atoms with Gasteiger partial charge in [-0.2, -0.15) is 0 Å². The zero-order chi connectivity index (χ0) is 17.7. The van der Waals surface area contributed by atoms with E-state index in [2.05, 4.69) is 5.32 Å². The highest BCUT2D eigenvalue weighted by Gasteiger charge is 2.39. The van der Waals surface area contributed by atoms with Gasteiger partial charge >= 0.3 is 0 Å². The van der Waals surface area contributed by atoms with Gasteiger partial charge in [0, 0.05) is 34.1 Å². The average molecular weight is 333 g/mol. The first-order valence-corrected chi connectivity index (χ1v) is 7.82. The molecule has 0 saturated carbocycles.